The quantitative estimate of drug-likeness (QED) is 0.665. The number of esters is 1. The summed E-state index contributed by atoms with van der Waals surface area (Å²) >= 11 is 0. The zero-order valence-electron chi connectivity index (χ0n) is 10.7. The van der Waals surface area contributed by atoms with E-state index in [2.05, 4.69) is 5.32 Å². The van der Waals surface area contributed by atoms with Crippen molar-refractivity contribution in [3.8, 4) is 0 Å². The molecule has 5 nitrogen and oxygen atoms in total. The van der Waals surface area contributed by atoms with Gasteiger partial charge in [-0.25, -0.2) is 0 Å². The Bertz CT molecular complexity index is 243. The molecule has 2 atom stereocenters. The number of hydrogen-bond donors (Lipinski definition) is 1. The first-order valence-electron chi connectivity index (χ1n) is 5.50. The highest BCUT2D eigenvalue weighted by Gasteiger charge is 2.26. The van der Waals surface area contributed by atoms with Crippen LogP contribution in [-0.2, 0) is 14.3 Å². The highest BCUT2D eigenvalue weighted by atomic mass is 16.5. The molecular weight excluding hydrogens is 208 g/mol. The average Bonchev–Trinajstić information content (AvgIpc) is 2.32. The zero-order chi connectivity index (χ0) is 12.7. The maximum Gasteiger partial charge on any atom is 0.309 e. The van der Waals surface area contributed by atoms with E-state index in [1.54, 1.807) is 7.05 Å². The molecule has 0 aliphatic rings. The molecule has 0 aliphatic carbocycles. The van der Waals surface area contributed by atoms with Crippen molar-refractivity contribution in [2.45, 2.75) is 26.8 Å². The van der Waals surface area contributed by atoms with E-state index in [9.17, 15) is 9.59 Å². The Kier molecular flexibility index (Phi) is 6.72. The SMILES string of the molecule is CCN(CC(=O)NC)C(C)C(C)C(=O)OC. The van der Waals surface area contributed by atoms with Gasteiger partial charge in [0, 0.05) is 13.1 Å². The van der Waals surface area contributed by atoms with Gasteiger partial charge in [0.15, 0.2) is 0 Å². The summed E-state index contributed by atoms with van der Waals surface area (Å²) < 4.78 is 4.69. The molecule has 1 amide bonds. The van der Waals surface area contributed by atoms with Crippen LogP contribution in [0.5, 0.6) is 0 Å². The van der Waals surface area contributed by atoms with Crippen LogP contribution in [0.25, 0.3) is 0 Å². The summed E-state index contributed by atoms with van der Waals surface area (Å²) in [5, 5.41) is 2.57. The van der Waals surface area contributed by atoms with Crippen LogP contribution in [0.2, 0.25) is 0 Å². The van der Waals surface area contributed by atoms with E-state index >= 15 is 0 Å². The van der Waals surface area contributed by atoms with Gasteiger partial charge in [0.1, 0.15) is 0 Å². The minimum Gasteiger partial charge on any atom is -0.469 e. The number of carbonyl (C=O) groups is 2. The van der Waals surface area contributed by atoms with Gasteiger partial charge in [-0.3, -0.25) is 14.5 Å². The van der Waals surface area contributed by atoms with Crippen molar-refractivity contribution in [3.63, 3.8) is 0 Å². The topological polar surface area (TPSA) is 58.6 Å². The fourth-order valence-electron chi connectivity index (χ4n) is 1.51. The van der Waals surface area contributed by atoms with E-state index in [-0.39, 0.29) is 23.8 Å². The van der Waals surface area contributed by atoms with E-state index in [1.165, 1.54) is 7.11 Å². The van der Waals surface area contributed by atoms with Gasteiger partial charge in [0.05, 0.1) is 19.6 Å². The molecule has 16 heavy (non-hydrogen) atoms. The van der Waals surface area contributed by atoms with Crippen LogP contribution in [0, 0.1) is 5.92 Å². The summed E-state index contributed by atoms with van der Waals surface area (Å²) in [5.74, 6) is -0.539. The minimum atomic E-state index is -0.247. The molecule has 0 aromatic carbocycles. The number of nitrogens with zero attached hydrogens (tertiary/aromatic N) is 1. The largest absolute Gasteiger partial charge is 0.469 e. The van der Waals surface area contributed by atoms with Crippen molar-refractivity contribution < 1.29 is 14.3 Å². The van der Waals surface area contributed by atoms with Gasteiger partial charge >= 0.3 is 5.97 Å². The van der Waals surface area contributed by atoms with E-state index in [0.29, 0.717) is 6.54 Å². The Labute approximate surface area is 97.1 Å². The molecule has 94 valence electrons. The van der Waals surface area contributed by atoms with Crippen LogP contribution in [0.3, 0.4) is 0 Å². The Morgan fingerprint density at radius 3 is 2.31 bits per heavy atom. The smallest absolute Gasteiger partial charge is 0.309 e. The number of hydrogen-bond acceptors (Lipinski definition) is 4. The van der Waals surface area contributed by atoms with Crippen molar-refractivity contribution >= 4 is 11.9 Å². The predicted octanol–water partition coefficient (Wildman–Crippen LogP) is 0.252. The van der Waals surface area contributed by atoms with E-state index in [4.69, 9.17) is 4.74 Å². The lowest BCUT2D eigenvalue weighted by Gasteiger charge is -2.30. The lowest BCUT2D eigenvalue weighted by atomic mass is 10.0. The first-order valence-corrected chi connectivity index (χ1v) is 5.50. The Balaban J connectivity index is 4.45. The number of carbonyl (C=O) groups excluding carboxylic acids is 2. The maximum atomic E-state index is 11.4. The lowest BCUT2D eigenvalue weighted by molar-refractivity contribution is -0.147. The first-order chi connectivity index (χ1) is 7.47. The number of nitrogens with one attached hydrogen (secondary N) is 1. The van der Waals surface area contributed by atoms with Crippen molar-refractivity contribution in [2.75, 3.05) is 27.2 Å². The Hall–Kier alpha value is -1.10. The molecule has 0 aromatic heterocycles. The van der Waals surface area contributed by atoms with Crippen molar-refractivity contribution in [1.29, 1.82) is 0 Å². The van der Waals surface area contributed by atoms with Crippen LogP contribution in [0.4, 0.5) is 0 Å². The molecule has 0 aliphatic heterocycles. The molecule has 1 N–H and O–H groups in total. The van der Waals surface area contributed by atoms with Gasteiger partial charge < -0.3 is 10.1 Å². The number of likely N-dealkylation sites (N-methyl/N-ethyl adjacent to an activating group) is 2. The molecular formula is C11H22N2O3. The average molecular weight is 230 g/mol. The van der Waals surface area contributed by atoms with Gasteiger partial charge in [-0.15, -0.1) is 0 Å². The molecule has 0 bridgehead atoms. The molecule has 0 fully saturated rings. The molecule has 0 saturated heterocycles. The first kappa shape index (κ1) is 14.9. The van der Waals surface area contributed by atoms with Gasteiger partial charge in [-0.2, -0.15) is 0 Å². The van der Waals surface area contributed by atoms with Crippen LogP contribution in [-0.4, -0.2) is 50.1 Å². The van der Waals surface area contributed by atoms with Crippen molar-refractivity contribution in [1.82, 2.24) is 10.2 Å². The molecule has 0 spiro atoms. The summed E-state index contributed by atoms with van der Waals surface area (Å²) in [6.07, 6.45) is 0. The normalized spacial score (nSPS) is 14.4. The van der Waals surface area contributed by atoms with E-state index in [1.807, 2.05) is 25.7 Å². The molecule has 5 heteroatoms. The van der Waals surface area contributed by atoms with Crippen LogP contribution in [0.1, 0.15) is 20.8 Å². The second kappa shape index (κ2) is 7.22. The molecule has 0 radical (unpaired) electrons. The maximum absolute atomic E-state index is 11.4. The summed E-state index contributed by atoms with van der Waals surface area (Å²) in [4.78, 5) is 24.6. The number of ether oxygens (including phenoxy) is 1. The molecule has 0 heterocycles. The van der Waals surface area contributed by atoms with Crippen molar-refractivity contribution in [3.05, 3.63) is 0 Å². The minimum absolute atomic E-state index is 0.0188. The summed E-state index contributed by atoms with van der Waals surface area (Å²) in [5.41, 5.74) is 0. The standard InChI is InChI=1S/C11H22N2O3/c1-6-13(7-10(14)12-4)9(3)8(2)11(15)16-5/h8-9H,6-7H2,1-5H3,(H,12,14). The van der Waals surface area contributed by atoms with Crippen LogP contribution < -0.4 is 5.32 Å². The summed E-state index contributed by atoms with van der Waals surface area (Å²) in [6, 6.07) is -0.0188. The number of amides is 1. The van der Waals surface area contributed by atoms with Crippen LogP contribution in [0.15, 0.2) is 0 Å². The van der Waals surface area contributed by atoms with Gasteiger partial charge in [-0.1, -0.05) is 13.8 Å². The number of methoxy groups -OCH3 is 1. The third-order valence-electron chi connectivity index (χ3n) is 2.90. The fraction of sp³-hybridized carbons (Fsp3) is 0.818. The zero-order valence-corrected chi connectivity index (χ0v) is 10.7. The van der Waals surface area contributed by atoms with E-state index in [0.717, 1.165) is 6.54 Å². The molecule has 0 rings (SSSR count). The second-order valence-electron chi connectivity index (χ2n) is 3.79. The number of rotatable bonds is 6. The summed E-state index contributed by atoms with van der Waals surface area (Å²) in [6.45, 7) is 6.71. The second-order valence-corrected chi connectivity index (χ2v) is 3.79. The lowest BCUT2D eigenvalue weighted by Crippen LogP contribution is -2.45. The Morgan fingerprint density at radius 1 is 1.38 bits per heavy atom. The van der Waals surface area contributed by atoms with E-state index < -0.39 is 0 Å². The summed E-state index contributed by atoms with van der Waals surface area (Å²) in [7, 11) is 2.98. The third-order valence-corrected chi connectivity index (χ3v) is 2.90. The molecule has 0 aromatic rings. The molecule has 2 unspecified atom stereocenters. The van der Waals surface area contributed by atoms with Gasteiger partial charge in [0.2, 0.25) is 5.91 Å². The highest BCUT2D eigenvalue weighted by molar-refractivity contribution is 5.78. The van der Waals surface area contributed by atoms with Crippen molar-refractivity contribution in [2.24, 2.45) is 5.92 Å². The van der Waals surface area contributed by atoms with Crippen LogP contribution >= 0.6 is 0 Å². The Morgan fingerprint density at radius 2 is 1.94 bits per heavy atom. The molecule has 0 saturated carbocycles. The fourth-order valence-corrected chi connectivity index (χ4v) is 1.51. The highest BCUT2D eigenvalue weighted by Crippen LogP contribution is 2.11. The van der Waals surface area contributed by atoms with Gasteiger partial charge in [0.25, 0.3) is 0 Å². The monoisotopic (exact) mass is 230 g/mol. The third kappa shape index (κ3) is 4.18. The predicted molar refractivity (Wildman–Crippen MR) is 62.0 cm³/mol. The van der Waals surface area contributed by atoms with Gasteiger partial charge in [-0.05, 0) is 13.5 Å².